The molecule has 148 valence electrons. The van der Waals surface area contributed by atoms with Crippen molar-refractivity contribution in [3.05, 3.63) is 48.5 Å². The topological polar surface area (TPSA) is 79.9 Å². The number of nitrogens with zero attached hydrogens (tertiary/aromatic N) is 1. The number of hydrogen-bond acceptors (Lipinski definition) is 5. The van der Waals surface area contributed by atoms with E-state index in [9.17, 15) is 9.59 Å². The largest absolute Gasteiger partial charge is 0.497 e. The highest BCUT2D eigenvalue weighted by molar-refractivity contribution is 5.95. The predicted molar refractivity (Wildman–Crippen MR) is 107 cm³/mol. The zero-order chi connectivity index (χ0) is 19.9. The Morgan fingerprint density at radius 1 is 1.18 bits per heavy atom. The average Bonchev–Trinajstić information content (AvgIpc) is 2.71. The second kappa shape index (κ2) is 9.23. The van der Waals surface area contributed by atoms with Crippen LogP contribution in [0.15, 0.2) is 48.5 Å². The lowest BCUT2D eigenvalue weighted by Gasteiger charge is -2.33. The average molecular weight is 383 g/mol. The molecule has 2 amide bonds. The highest BCUT2D eigenvalue weighted by Gasteiger charge is 2.30. The minimum atomic E-state index is -0.422. The number of likely N-dealkylation sites (N-methyl/N-ethyl adjacent to an activating group) is 1. The Morgan fingerprint density at radius 2 is 1.93 bits per heavy atom. The Balaban J connectivity index is 1.57. The minimum Gasteiger partial charge on any atom is -0.497 e. The van der Waals surface area contributed by atoms with E-state index in [0.29, 0.717) is 29.5 Å². The molecular weight excluding hydrogens is 358 g/mol. The molecule has 1 fully saturated rings. The summed E-state index contributed by atoms with van der Waals surface area (Å²) in [7, 11) is 1.60. The first-order chi connectivity index (χ1) is 13.6. The number of anilines is 1. The maximum atomic E-state index is 12.4. The number of piperazine rings is 1. The van der Waals surface area contributed by atoms with Gasteiger partial charge in [-0.15, -0.1) is 0 Å². The molecule has 28 heavy (non-hydrogen) atoms. The van der Waals surface area contributed by atoms with Crippen LogP contribution in [0.2, 0.25) is 0 Å². The lowest BCUT2D eigenvalue weighted by molar-refractivity contribution is -0.132. The predicted octanol–water partition coefficient (Wildman–Crippen LogP) is 2.64. The molecule has 1 saturated heterocycles. The van der Waals surface area contributed by atoms with Crippen LogP contribution in [0.1, 0.15) is 13.3 Å². The fourth-order valence-corrected chi connectivity index (χ4v) is 3.16. The van der Waals surface area contributed by atoms with Gasteiger partial charge in [0, 0.05) is 24.8 Å². The van der Waals surface area contributed by atoms with E-state index in [1.165, 1.54) is 0 Å². The smallest absolute Gasteiger partial charge is 0.237 e. The Kier molecular flexibility index (Phi) is 6.49. The summed E-state index contributed by atoms with van der Waals surface area (Å²) in [6, 6.07) is 14.0. The molecule has 2 aromatic carbocycles. The molecule has 1 aliphatic rings. The lowest BCUT2D eigenvalue weighted by atomic mass is 10.1. The van der Waals surface area contributed by atoms with Gasteiger partial charge < -0.3 is 20.1 Å². The van der Waals surface area contributed by atoms with Gasteiger partial charge in [-0.25, -0.2) is 0 Å². The van der Waals surface area contributed by atoms with Crippen molar-refractivity contribution in [2.45, 2.75) is 19.4 Å². The number of nitrogens with one attached hydrogen (secondary N) is 2. The zero-order valence-corrected chi connectivity index (χ0v) is 16.1. The van der Waals surface area contributed by atoms with Crippen LogP contribution in [0, 0.1) is 0 Å². The molecule has 0 bridgehead atoms. The molecule has 0 saturated carbocycles. The summed E-state index contributed by atoms with van der Waals surface area (Å²) in [5, 5.41) is 5.66. The molecule has 0 spiro atoms. The maximum Gasteiger partial charge on any atom is 0.237 e. The van der Waals surface area contributed by atoms with E-state index >= 15 is 0 Å². The van der Waals surface area contributed by atoms with Crippen molar-refractivity contribution >= 4 is 17.5 Å². The van der Waals surface area contributed by atoms with Crippen molar-refractivity contribution < 1.29 is 19.1 Å². The maximum absolute atomic E-state index is 12.4. The third-order valence-corrected chi connectivity index (χ3v) is 4.64. The lowest BCUT2D eigenvalue weighted by Crippen LogP contribution is -2.56. The van der Waals surface area contributed by atoms with Crippen LogP contribution in [0.4, 0.5) is 5.69 Å². The van der Waals surface area contributed by atoms with E-state index < -0.39 is 6.04 Å². The molecule has 2 aromatic rings. The first-order valence-corrected chi connectivity index (χ1v) is 9.32. The summed E-state index contributed by atoms with van der Waals surface area (Å²) in [6.07, 6.45) is 0.127. The molecular formula is C21H25N3O4. The first kappa shape index (κ1) is 19.7. The molecule has 7 nitrogen and oxygen atoms in total. The number of hydrogen-bond donors (Lipinski definition) is 2. The Hall–Kier alpha value is -3.06. The molecule has 1 aliphatic heterocycles. The quantitative estimate of drug-likeness (QED) is 0.768. The van der Waals surface area contributed by atoms with Crippen LogP contribution < -0.4 is 20.1 Å². The number of benzene rings is 2. The third-order valence-electron chi connectivity index (χ3n) is 4.64. The monoisotopic (exact) mass is 383 g/mol. The van der Waals surface area contributed by atoms with Gasteiger partial charge in [0.25, 0.3) is 0 Å². The van der Waals surface area contributed by atoms with E-state index in [2.05, 4.69) is 10.6 Å². The van der Waals surface area contributed by atoms with Gasteiger partial charge in [-0.2, -0.15) is 0 Å². The molecule has 1 unspecified atom stereocenters. The van der Waals surface area contributed by atoms with Gasteiger partial charge in [0.15, 0.2) is 0 Å². The van der Waals surface area contributed by atoms with Gasteiger partial charge in [0.1, 0.15) is 17.2 Å². The molecule has 3 rings (SSSR count). The molecule has 1 atom stereocenters. The van der Waals surface area contributed by atoms with Crippen molar-refractivity contribution in [3.8, 4) is 17.2 Å². The van der Waals surface area contributed by atoms with Crippen molar-refractivity contribution in [3.63, 3.8) is 0 Å². The highest BCUT2D eigenvalue weighted by Crippen LogP contribution is 2.26. The van der Waals surface area contributed by atoms with Crippen LogP contribution in [-0.4, -0.2) is 49.5 Å². The Morgan fingerprint density at radius 3 is 2.64 bits per heavy atom. The standard InChI is InChI=1S/C21H25N3O4/c1-3-24-12-11-22-21(26)19(24)14-20(25)23-15-7-9-16(10-8-15)28-18-6-4-5-17(13-18)27-2/h4-10,13,19H,3,11-12,14H2,1-2H3,(H,22,26)(H,23,25). The van der Waals surface area contributed by atoms with Crippen molar-refractivity contribution in [1.29, 1.82) is 0 Å². The molecule has 0 radical (unpaired) electrons. The van der Waals surface area contributed by atoms with Gasteiger partial charge in [-0.3, -0.25) is 14.5 Å². The van der Waals surface area contributed by atoms with E-state index in [1.54, 1.807) is 37.4 Å². The first-order valence-electron chi connectivity index (χ1n) is 9.32. The summed E-state index contributed by atoms with van der Waals surface area (Å²) in [4.78, 5) is 26.4. The van der Waals surface area contributed by atoms with Crippen molar-refractivity contribution in [2.24, 2.45) is 0 Å². The normalized spacial score (nSPS) is 16.9. The summed E-state index contributed by atoms with van der Waals surface area (Å²) in [5.41, 5.74) is 0.655. The Bertz CT molecular complexity index is 823. The highest BCUT2D eigenvalue weighted by atomic mass is 16.5. The Labute approximate surface area is 164 Å². The number of rotatable bonds is 7. The SMILES string of the molecule is CCN1CCNC(=O)C1CC(=O)Nc1ccc(Oc2cccc(OC)c2)cc1. The zero-order valence-electron chi connectivity index (χ0n) is 16.1. The van der Waals surface area contributed by atoms with Crippen molar-refractivity contribution in [2.75, 3.05) is 32.1 Å². The second-order valence-electron chi connectivity index (χ2n) is 6.49. The van der Waals surface area contributed by atoms with Gasteiger partial charge in [-0.05, 0) is 42.9 Å². The summed E-state index contributed by atoms with van der Waals surface area (Å²) < 4.78 is 11.0. The van der Waals surface area contributed by atoms with Gasteiger partial charge in [0.2, 0.25) is 11.8 Å². The van der Waals surface area contributed by atoms with Crippen LogP contribution in [0.3, 0.4) is 0 Å². The third kappa shape index (κ3) is 5.01. The fourth-order valence-electron chi connectivity index (χ4n) is 3.16. The number of ether oxygens (including phenoxy) is 2. The molecule has 1 heterocycles. The van der Waals surface area contributed by atoms with Gasteiger partial charge in [-0.1, -0.05) is 13.0 Å². The van der Waals surface area contributed by atoms with Crippen LogP contribution in [0.5, 0.6) is 17.2 Å². The van der Waals surface area contributed by atoms with Gasteiger partial charge in [0.05, 0.1) is 19.6 Å². The summed E-state index contributed by atoms with van der Waals surface area (Å²) in [6.45, 7) is 4.11. The number of carbonyl (C=O) groups is 2. The van der Waals surface area contributed by atoms with Crippen molar-refractivity contribution in [1.82, 2.24) is 10.2 Å². The summed E-state index contributed by atoms with van der Waals surface area (Å²) >= 11 is 0. The number of carbonyl (C=O) groups excluding carboxylic acids is 2. The van der Waals surface area contributed by atoms with Gasteiger partial charge >= 0.3 is 0 Å². The number of amides is 2. The molecule has 0 aromatic heterocycles. The molecule has 2 N–H and O–H groups in total. The van der Waals surface area contributed by atoms with Crippen LogP contribution >= 0.6 is 0 Å². The summed E-state index contributed by atoms with van der Waals surface area (Å²) in [5.74, 6) is 1.75. The van der Waals surface area contributed by atoms with E-state index in [-0.39, 0.29) is 18.2 Å². The minimum absolute atomic E-state index is 0.0923. The van der Waals surface area contributed by atoms with Crippen LogP contribution in [-0.2, 0) is 9.59 Å². The number of methoxy groups -OCH3 is 1. The molecule has 0 aliphatic carbocycles. The van der Waals surface area contributed by atoms with E-state index in [1.807, 2.05) is 30.0 Å². The van der Waals surface area contributed by atoms with Crippen LogP contribution in [0.25, 0.3) is 0 Å². The van der Waals surface area contributed by atoms with E-state index in [4.69, 9.17) is 9.47 Å². The fraction of sp³-hybridized carbons (Fsp3) is 0.333. The second-order valence-corrected chi connectivity index (χ2v) is 6.49. The molecule has 7 heteroatoms. The van der Waals surface area contributed by atoms with E-state index in [0.717, 1.165) is 13.1 Å².